The summed E-state index contributed by atoms with van der Waals surface area (Å²) >= 11 is -2.51. The van der Waals surface area contributed by atoms with Crippen LogP contribution in [-0.2, 0) is 44.4 Å². The monoisotopic (exact) mass is 778 g/mol. The van der Waals surface area contributed by atoms with Crippen molar-refractivity contribution in [3.05, 3.63) is 149 Å². The standard InChI is InChI=1S/C37H38N2O8S3.2Na/c1-3-38(25-27-9-7-11-33(23-27)49(42,43)44)31-19-15-29(16-20-31)37(35-13-5-6-14-36(35)48(40)41)30-17-21-32(22-18-30)39(4-2)26-28-10-8-12-34(24-28)50(45,46)47;;/h5-24,31H,3-4,25-26H2,1-2H3,(H,40,41)(H,42,43,44)(H,45,46,47);;/q;2*+1/p-2. The van der Waals surface area contributed by atoms with Crippen molar-refractivity contribution in [3.63, 3.8) is 0 Å². The largest absolute Gasteiger partial charge is 1.00 e. The van der Waals surface area contributed by atoms with Gasteiger partial charge in [0.05, 0.1) is 16.3 Å². The van der Waals surface area contributed by atoms with E-state index >= 15 is 0 Å². The van der Waals surface area contributed by atoms with Crippen LogP contribution in [0, 0.1) is 0 Å². The Bertz CT molecular complexity index is 2190. The fourth-order valence-electron chi connectivity index (χ4n) is 6.07. The van der Waals surface area contributed by atoms with Crippen molar-refractivity contribution < 1.29 is 98.7 Å². The summed E-state index contributed by atoms with van der Waals surface area (Å²) < 4.78 is 94.0. The zero-order valence-corrected chi connectivity index (χ0v) is 35.8. The summed E-state index contributed by atoms with van der Waals surface area (Å²) in [5.74, 6) is 0. The third-order valence-corrected chi connectivity index (χ3v) is 11.0. The summed E-state index contributed by atoms with van der Waals surface area (Å²) in [6.45, 7) is 6.14. The second-order valence-corrected chi connectivity index (χ2v) is 15.4. The zero-order chi connectivity index (χ0) is 36.1. The first kappa shape index (κ1) is 44.2. The summed E-state index contributed by atoms with van der Waals surface area (Å²) in [5, 5.41) is 0. The third-order valence-electron chi connectivity index (χ3n) is 8.60. The Hall–Kier alpha value is -2.21. The molecule has 10 nitrogen and oxygen atoms in total. The Kier molecular flexibility index (Phi) is 16.5. The molecule has 0 radical (unpaired) electrons. The van der Waals surface area contributed by atoms with E-state index in [-0.39, 0.29) is 79.8 Å². The van der Waals surface area contributed by atoms with Gasteiger partial charge in [-0.3, -0.25) is 4.21 Å². The molecule has 1 aliphatic carbocycles. The molecular weight excluding hydrogens is 743 g/mol. The molecule has 2 unspecified atom stereocenters. The first-order chi connectivity index (χ1) is 23.8. The summed E-state index contributed by atoms with van der Waals surface area (Å²) in [5.41, 5.74) is 5.06. The minimum absolute atomic E-state index is 0. The molecule has 1 N–H and O–H groups in total. The number of benzene rings is 4. The molecule has 4 aromatic rings. The maximum atomic E-state index is 12.3. The minimum Gasteiger partial charge on any atom is -0.768 e. The van der Waals surface area contributed by atoms with E-state index in [1.807, 2.05) is 67.3 Å². The molecule has 0 heterocycles. The third kappa shape index (κ3) is 11.2. The van der Waals surface area contributed by atoms with Gasteiger partial charge in [-0.15, -0.1) is 0 Å². The van der Waals surface area contributed by atoms with Gasteiger partial charge in [0.25, 0.3) is 0 Å². The zero-order valence-electron chi connectivity index (χ0n) is 29.4. The number of allylic oxidation sites excluding steroid dienone is 3. The maximum Gasteiger partial charge on any atom is 1.00 e. The number of anilines is 1. The number of nitrogens with zero attached hydrogens (tertiary/aromatic N) is 1. The van der Waals surface area contributed by atoms with Gasteiger partial charge < -0.3 is 23.5 Å². The molecule has 0 saturated carbocycles. The van der Waals surface area contributed by atoms with E-state index in [4.69, 9.17) is 0 Å². The van der Waals surface area contributed by atoms with Crippen molar-refractivity contribution >= 4 is 42.6 Å². The quantitative estimate of drug-likeness (QED) is 0.0936. The molecule has 0 aliphatic heterocycles. The average Bonchev–Trinajstić information content (AvgIpc) is 3.10. The van der Waals surface area contributed by atoms with E-state index in [1.54, 1.807) is 48.5 Å². The second-order valence-electron chi connectivity index (χ2n) is 11.8. The van der Waals surface area contributed by atoms with Gasteiger partial charge >= 0.3 is 59.1 Å². The van der Waals surface area contributed by atoms with Gasteiger partial charge in [0.15, 0.2) is 0 Å². The van der Waals surface area contributed by atoms with Crippen molar-refractivity contribution in [1.29, 1.82) is 0 Å². The summed E-state index contributed by atoms with van der Waals surface area (Å²) in [6.07, 6.45) is 7.98. The summed E-state index contributed by atoms with van der Waals surface area (Å²) in [6, 6.07) is 26.4. The minimum atomic E-state index is -4.59. The van der Waals surface area contributed by atoms with Crippen molar-refractivity contribution in [1.82, 2.24) is 0 Å². The fourth-order valence-corrected chi connectivity index (χ4v) is 7.69. The Balaban J connectivity index is 0.00000364. The van der Waals surface area contributed by atoms with Crippen LogP contribution in [0.4, 0.5) is 5.69 Å². The summed E-state index contributed by atoms with van der Waals surface area (Å²) in [4.78, 5) is 2.75. The smallest absolute Gasteiger partial charge is 0.768 e. The number of likely N-dealkylation sites (N-methyl/N-ethyl adjacent to an activating group) is 1. The molecule has 0 aromatic heterocycles. The number of hydrogen-bond donors (Lipinski definition) is 1. The van der Waals surface area contributed by atoms with E-state index in [0.29, 0.717) is 42.9 Å². The van der Waals surface area contributed by atoms with Crippen LogP contribution in [0.5, 0.6) is 0 Å². The Labute approximate surface area is 352 Å². The van der Waals surface area contributed by atoms with Gasteiger partial charge in [0.2, 0.25) is 0 Å². The first-order valence-corrected chi connectivity index (χ1v) is 19.8. The number of rotatable bonds is 13. The van der Waals surface area contributed by atoms with Gasteiger partial charge in [-0.2, -0.15) is 0 Å². The molecule has 0 amide bonds. The van der Waals surface area contributed by atoms with Gasteiger partial charge in [-0.05, 0) is 107 Å². The van der Waals surface area contributed by atoms with E-state index in [0.717, 1.165) is 27.3 Å². The number of hydrogen-bond acceptors (Lipinski definition) is 9. The normalized spacial score (nSPS) is 15.2. The number of nitrogens with one attached hydrogen (secondary N) is 1. The molecule has 5 rings (SSSR count). The molecule has 2 atom stereocenters. The van der Waals surface area contributed by atoms with Gasteiger partial charge in [0, 0.05) is 29.2 Å². The van der Waals surface area contributed by atoms with Gasteiger partial charge in [-0.25, -0.2) is 16.8 Å². The van der Waals surface area contributed by atoms with E-state index in [1.165, 1.54) is 24.3 Å². The van der Waals surface area contributed by atoms with Crippen LogP contribution in [0.3, 0.4) is 0 Å². The molecule has 0 bridgehead atoms. The van der Waals surface area contributed by atoms with E-state index in [9.17, 15) is 34.7 Å². The van der Waals surface area contributed by atoms with Crippen LogP contribution in [0.2, 0.25) is 0 Å². The number of quaternary nitrogens is 1. The van der Waals surface area contributed by atoms with Crippen molar-refractivity contribution in [2.75, 3.05) is 18.0 Å². The first-order valence-electron chi connectivity index (χ1n) is 15.9. The van der Waals surface area contributed by atoms with Gasteiger partial charge in [0.1, 0.15) is 32.8 Å². The van der Waals surface area contributed by atoms with Crippen LogP contribution in [0.1, 0.15) is 36.1 Å². The average molecular weight is 779 g/mol. The van der Waals surface area contributed by atoms with Crippen LogP contribution in [-0.4, -0.2) is 53.8 Å². The van der Waals surface area contributed by atoms with Gasteiger partial charge in [-0.1, -0.05) is 66.7 Å². The topological polar surface area (TPSA) is 162 Å². The molecular formula is C37H36N2Na2O8S3. The molecule has 4 aromatic carbocycles. The molecule has 0 fully saturated rings. The van der Waals surface area contributed by atoms with Crippen LogP contribution in [0.15, 0.2) is 142 Å². The Morgan fingerprint density at radius 1 is 0.769 bits per heavy atom. The SMILES string of the molecule is CCN(Cc1cccc(S(=O)(=O)[O-])c1)c1ccc(C(=C2C=CC([NH+](CC)Cc3cccc(S(=O)(=O)[O-])c3)C=C2)c2ccccc2S(=O)[O-])cc1.[Na+].[Na+]. The maximum absolute atomic E-state index is 12.3. The Morgan fingerprint density at radius 2 is 1.33 bits per heavy atom. The molecule has 262 valence electrons. The second kappa shape index (κ2) is 19.4. The molecule has 0 spiro atoms. The van der Waals surface area contributed by atoms with Crippen molar-refractivity contribution in [2.45, 2.75) is 47.7 Å². The fraction of sp³-hybridized carbons (Fsp3) is 0.189. The molecule has 15 heteroatoms. The molecule has 52 heavy (non-hydrogen) atoms. The van der Waals surface area contributed by atoms with Crippen LogP contribution >= 0.6 is 0 Å². The Morgan fingerprint density at radius 3 is 1.87 bits per heavy atom. The van der Waals surface area contributed by atoms with Crippen LogP contribution in [0.25, 0.3) is 5.57 Å². The predicted octanol–water partition coefficient (Wildman–Crippen LogP) is -1.83. The predicted molar refractivity (Wildman–Crippen MR) is 189 cm³/mol. The molecule has 1 aliphatic rings. The van der Waals surface area contributed by atoms with Crippen molar-refractivity contribution in [2.24, 2.45) is 0 Å². The molecule has 0 saturated heterocycles. The van der Waals surface area contributed by atoms with E-state index < -0.39 is 31.3 Å². The summed E-state index contributed by atoms with van der Waals surface area (Å²) in [7, 11) is -9.16. The van der Waals surface area contributed by atoms with Crippen LogP contribution < -0.4 is 68.9 Å². The van der Waals surface area contributed by atoms with Crippen molar-refractivity contribution in [3.8, 4) is 0 Å². The van der Waals surface area contributed by atoms with E-state index in [2.05, 4.69) is 0 Å².